The van der Waals surface area contributed by atoms with Gasteiger partial charge in [0.1, 0.15) is 0 Å². The number of nitrogens with zero attached hydrogens (tertiary/aromatic N) is 4. The summed E-state index contributed by atoms with van der Waals surface area (Å²) in [6, 6.07) is 10.5. The molecule has 3 rings (SSSR count). The zero-order chi connectivity index (χ0) is 21.9. The number of carbonyl (C=O) groups excluding carboxylic acids is 1. The summed E-state index contributed by atoms with van der Waals surface area (Å²) in [5.41, 5.74) is 0.563. The Labute approximate surface area is 180 Å². The van der Waals surface area contributed by atoms with Crippen LogP contribution in [0.5, 0.6) is 0 Å². The highest BCUT2D eigenvalue weighted by Gasteiger charge is 2.26. The van der Waals surface area contributed by atoms with Crippen molar-refractivity contribution in [1.29, 1.82) is 0 Å². The number of nitro benzene ring substituents is 1. The second-order valence-corrected chi connectivity index (χ2v) is 9.06. The normalized spacial score (nSPS) is 11.1. The minimum Gasteiger partial charge on any atom is -0.301 e. The summed E-state index contributed by atoms with van der Waals surface area (Å²) in [5, 5.41) is 11.0. The van der Waals surface area contributed by atoms with Crippen molar-refractivity contribution in [2.45, 2.75) is 11.6 Å². The monoisotopic (exact) mass is 490 g/mol. The Morgan fingerprint density at radius 2 is 1.93 bits per heavy atom. The Kier molecular flexibility index (Phi) is 6.22. The number of pyridine rings is 2. The molecule has 2 aromatic heterocycles. The van der Waals surface area contributed by atoms with Crippen molar-refractivity contribution in [3.8, 4) is 0 Å². The van der Waals surface area contributed by atoms with Crippen LogP contribution >= 0.6 is 15.9 Å². The molecule has 2 heterocycles. The first kappa shape index (κ1) is 21.5. The fourth-order valence-electron chi connectivity index (χ4n) is 2.76. The zero-order valence-corrected chi connectivity index (χ0v) is 18.0. The first-order chi connectivity index (χ1) is 14.2. The van der Waals surface area contributed by atoms with Gasteiger partial charge in [-0.05, 0) is 51.8 Å². The van der Waals surface area contributed by atoms with Gasteiger partial charge in [0.05, 0.1) is 27.2 Å². The summed E-state index contributed by atoms with van der Waals surface area (Å²) in [6.45, 7) is -0.115. The third-order valence-electron chi connectivity index (χ3n) is 4.09. The van der Waals surface area contributed by atoms with Crippen LogP contribution in [0, 0.1) is 10.1 Å². The first-order valence-corrected chi connectivity index (χ1v) is 11.2. The summed E-state index contributed by atoms with van der Waals surface area (Å²) in [6.07, 6.45) is 5.17. The maximum Gasteiger partial charge on any atom is 0.283 e. The van der Waals surface area contributed by atoms with Crippen molar-refractivity contribution in [3.63, 3.8) is 0 Å². The third-order valence-corrected chi connectivity index (χ3v) is 5.78. The van der Waals surface area contributed by atoms with Crippen molar-refractivity contribution in [1.82, 2.24) is 9.97 Å². The molecule has 154 valence electrons. The quantitative estimate of drug-likeness (QED) is 0.383. The lowest BCUT2D eigenvalue weighted by Crippen LogP contribution is -2.32. The predicted molar refractivity (Wildman–Crippen MR) is 113 cm³/mol. The van der Waals surface area contributed by atoms with E-state index in [1.165, 1.54) is 47.8 Å². The van der Waals surface area contributed by atoms with Crippen molar-refractivity contribution in [2.75, 3.05) is 11.2 Å². The van der Waals surface area contributed by atoms with Gasteiger partial charge in [0.2, 0.25) is 0 Å². The van der Waals surface area contributed by atoms with Crippen LogP contribution in [0.1, 0.15) is 15.9 Å². The van der Waals surface area contributed by atoms with Crippen LogP contribution in [-0.4, -0.2) is 35.5 Å². The number of carbonyl (C=O) groups is 1. The number of halogens is 1. The minimum absolute atomic E-state index is 0.0689. The molecule has 0 fully saturated rings. The maximum absolute atomic E-state index is 13.2. The van der Waals surface area contributed by atoms with Gasteiger partial charge in [0.25, 0.3) is 11.6 Å². The number of aromatic nitrogens is 2. The standard InChI is InChI=1S/C19H15BrN4O5S/c1-30(28,29)18-16(5-3-9-22-18)23(19(25)14-4-2-8-21-11-14)12-13-6-7-15(20)17(10-13)24(26)27/h2-11H,12H2,1H3. The first-order valence-electron chi connectivity index (χ1n) is 8.48. The number of amides is 1. The predicted octanol–water partition coefficient (Wildman–Crippen LogP) is 3.40. The number of hydrogen-bond donors (Lipinski definition) is 0. The number of sulfone groups is 1. The molecule has 0 spiro atoms. The van der Waals surface area contributed by atoms with Crippen molar-refractivity contribution < 1.29 is 18.1 Å². The van der Waals surface area contributed by atoms with Crippen molar-refractivity contribution in [3.05, 3.63) is 86.8 Å². The van der Waals surface area contributed by atoms with Gasteiger partial charge in [-0.1, -0.05) is 6.07 Å². The van der Waals surface area contributed by atoms with E-state index in [0.29, 0.717) is 10.0 Å². The minimum atomic E-state index is -3.75. The van der Waals surface area contributed by atoms with Crippen LogP contribution in [0.4, 0.5) is 11.4 Å². The summed E-state index contributed by atoms with van der Waals surface area (Å²) in [7, 11) is -3.75. The largest absolute Gasteiger partial charge is 0.301 e. The van der Waals surface area contributed by atoms with E-state index in [1.807, 2.05) is 0 Å². The Bertz CT molecular complexity index is 1220. The molecule has 11 heteroatoms. The fourth-order valence-corrected chi connectivity index (χ4v) is 3.97. The Balaban J connectivity index is 2.14. The molecule has 0 aliphatic carbocycles. The molecule has 0 unspecified atom stereocenters. The molecule has 0 aliphatic rings. The van der Waals surface area contributed by atoms with Crippen LogP contribution < -0.4 is 4.90 Å². The van der Waals surface area contributed by atoms with E-state index in [9.17, 15) is 23.3 Å². The Morgan fingerprint density at radius 3 is 2.57 bits per heavy atom. The lowest BCUT2D eigenvalue weighted by molar-refractivity contribution is -0.385. The molecule has 0 atom stereocenters. The second kappa shape index (κ2) is 8.67. The molecule has 0 radical (unpaired) electrons. The lowest BCUT2D eigenvalue weighted by atomic mass is 10.1. The smallest absolute Gasteiger partial charge is 0.283 e. The van der Waals surface area contributed by atoms with E-state index in [4.69, 9.17) is 0 Å². The van der Waals surface area contributed by atoms with E-state index < -0.39 is 20.7 Å². The van der Waals surface area contributed by atoms with Crippen LogP contribution in [0.25, 0.3) is 0 Å². The van der Waals surface area contributed by atoms with Gasteiger partial charge in [-0.3, -0.25) is 19.9 Å². The molecular weight excluding hydrogens is 476 g/mol. The summed E-state index contributed by atoms with van der Waals surface area (Å²) < 4.78 is 24.8. The Morgan fingerprint density at radius 1 is 1.20 bits per heavy atom. The van der Waals surface area contributed by atoms with Gasteiger partial charge in [-0.25, -0.2) is 13.4 Å². The second-order valence-electron chi connectivity index (χ2n) is 6.28. The van der Waals surface area contributed by atoms with E-state index in [1.54, 1.807) is 18.2 Å². The van der Waals surface area contributed by atoms with Gasteiger partial charge < -0.3 is 4.90 Å². The molecule has 9 nitrogen and oxygen atoms in total. The number of benzene rings is 1. The molecule has 0 saturated heterocycles. The van der Waals surface area contributed by atoms with E-state index in [0.717, 1.165) is 6.26 Å². The van der Waals surface area contributed by atoms with Gasteiger partial charge in [-0.2, -0.15) is 0 Å². The SMILES string of the molecule is CS(=O)(=O)c1ncccc1N(Cc1ccc(Br)c([N+](=O)[O-])c1)C(=O)c1cccnc1. The van der Waals surface area contributed by atoms with Crippen molar-refractivity contribution in [2.24, 2.45) is 0 Å². The average molecular weight is 491 g/mol. The summed E-state index contributed by atoms with van der Waals surface area (Å²) in [4.78, 5) is 33.0. The van der Waals surface area contributed by atoms with Gasteiger partial charge in [0, 0.05) is 30.9 Å². The van der Waals surface area contributed by atoms with Crippen LogP contribution in [0.2, 0.25) is 0 Å². The van der Waals surface area contributed by atoms with E-state index in [2.05, 4.69) is 25.9 Å². The van der Waals surface area contributed by atoms with Gasteiger partial charge >= 0.3 is 0 Å². The summed E-state index contributed by atoms with van der Waals surface area (Å²) >= 11 is 3.13. The maximum atomic E-state index is 13.2. The number of anilines is 1. The number of hydrogen-bond acceptors (Lipinski definition) is 7. The Hall–Kier alpha value is -3.18. The van der Waals surface area contributed by atoms with E-state index in [-0.39, 0.29) is 28.5 Å². The molecule has 0 bridgehead atoms. The van der Waals surface area contributed by atoms with Crippen molar-refractivity contribution >= 4 is 43.0 Å². The molecule has 0 saturated carbocycles. The topological polar surface area (TPSA) is 123 Å². The number of rotatable bonds is 6. The highest BCUT2D eigenvalue weighted by Crippen LogP contribution is 2.29. The zero-order valence-electron chi connectivity index (χ0n) is 15.6. The molecule has 0 aliphatic heterocycles. The lowest BCUT2D eigenvalue weighted by Gasteiger charge is -2.24. The molecule has 30 heavy (non-hydrogen) atoms. The average Bonchev–Trinajstić information content (AvgIpc) is 2.72. The van der Waals surface area contributed by atoms with Crippen LogP contribution in [0.3, 0.4) is 0 Å². The number of nitro groups is 1. The fraction of sp³-hybridized carbons (Fsp3) is 0.105. The van der Waals surface area contributed by atoms with Gasteiger partial charge in [0.15, 0.2) is 14.9 Å². The molecule has 1 amide bonds. The van der Waals surface area contributed by atoms with E-state index >= 15 is 0 Å². The van der Waals surface area contributed by atoms with Gasteiger partial charge in [-0.15, -0.1) is 0 Å². The molecular formula is C19H15BrN4O5S. The molecule has 3 aromatic rings. The third kappa shape index (κ3) is 4.69. The highest BCUT2D eigenvalue weighted by molar-refractivity contribution is 9.10. The van der Waals surface area contributed by atoms with Crippen LogP contribution in [0.15, 0.2) is 70.6 Å². The molecule has 0 N–H and O–H groups in total. The summed E-state index contributed by atoms with van der Waals surface area (Å²) in [5.74, 6) is -0.522. The highest BCUT2D eigenvalue weighted by atomic mass is 79.9. The van der Waals surface area contributed by atoms with Crippen LogP contribution in [-0.2, 0) is 16.4 Å². The molecule has 1 aromatic carbocycles.